The highest BCUT2D eigenvalue weighted by atomic mass is 35.5. The fourth-order valence-corrected chi connectivity index (χ4v) is 3.63. The van der Waals surface area contributed by atoms with Crippen LogP contribution in [0.2, 0.25) is 5.02 Å². The summed E-state index contributed by atoms with van der Waals surface area (Å²) in [6.07, 6.45) is 0.821. The Morgan fingerprint density at radius 3 is 2.46 bits per heavy atom. The molecule has 0 saturated heterocycles. The quantitative estimate of drug-likeness (QED) is 0.280. The predicted octanol–water partition coefficient (Wildman–Crippen LogP) is 5.48. The largest absolute Gasteiger partial charge is 0.503 e. The summed E-state index contributed by atoms with van der Waals surface area (Å²) >= 11 is 6.10. The van der Waals surface area contributed by atoms with Crippen LogP contribution in [0, 0.1) is 11.8 Å². The SMILES string of the molecule is CCOc1ccnc(C(=O)C[C@@H](C)C(=O)O[C@@H](C)[C@@H](CC(C)C)Oc2ccc(Cl)c(OC)c2)c1O. The molecule has 2 rings (SSSR count). The number of esters is 1. The molecule has 8 nitrogen and oxygen atoms in total. The third-order valence-corrected chi connectivity index (χ3v) is 5.60. The number of carbonyl (C=O) groups excluding carboxylic acids is 2. The molecule has 0 spiro atoms. The van der Waals surface area contributed by atoms with Gasteiger partial charge in [-0.1, -0.05) is 32.4 Å². The molecule has 0 aliphatic rings. The van der Waals surface area contributed by atoms with Crippen LogP contribution >= 0.6 is 11.6 Å². The molecule has 0 bridgehead atoms. The van der Waals surface area contributed by atoms with Crippen LogP contribution in [0.3, 0.4) is 0 Å². The van der Waals surface area contributed by atoms with Crippen molar-refractivity contribution in [3.05, 3.63) is 41.2 Å². The van der Waals surface area contributed by atoms with E-state index in [-0.39, 0.29) is 29.5 Å². The highest BCUT2D eigenvalue weighted by Gasteiger charge is 2.29. The molecule has 2 aromatic rings. The third kappa shape index (κ3) is 8.02. The first-order valence-electron chi connectivity index (χ1n) is 11.6. The molecule has 192 valence electrons. The zero-order valence-corrected chi connectivity index (χ0v) is 21.8. The van der Waals surface area contributed by atoms with Gasteiger partial charge in [-0.3, -0.25) is 9.59 Å². The van der Waals surface area contributed by atoms with E-state index in [2.05, 4.69) is 4.98 Å². The zero-order chi connectivity index (χ0) is 26.1. The number of hydrogen-bond donors (Lipinski definition) is 1. The Labute approximate surface area is 211 Å². The van der Waals surface area contributed by atoms with Crippen molar-refractivity contribution in [2.75, 3.05) is 13.7 Å². The van der Waals surface area contributed by atoms with Crippen molar-refractivity contribution < 1.29 is 33.6 Å². The van der Waals surface area contributed by atoms with Gasteiger partial charge in [0.25, 0.3) is 0 Å². The van der Waals surface area contributed by atoms with Crippen LogP contribution in [-0.4, -0.2) is 47.8 Å². The first kappa shape index (κ1) is 28.2. The summed E-state index contributed by atoms with van der Waals surface area (Å²) in [5.74, 6) is -0.646. The number of halogens is 1. The zero-order valence-electron chi connectivity index (χ0n) is 21.0. The van der Waals surface area contributed by atoms with Crippen LogP contribution in [0.4, 0.5) is 0 Å². The van der Waals surface area contributed by atoms with Crippen molar-refractivity contribution in [1.82, 2.24) is 4.98 Å². The van der Waals surface area contributed by atoms with Crippen molar-refractivity contribution in [2.45, 2.75) is 59.7 Å². The van der Waals surface area contributed by atoms with E-state index in [0.29, 0.717) is 29.5 Å². The molecule has 1 heterocycles. The minimum Gasteiger partial charge on any atom is -0.503 e. The lowest BCUT2D eigenvalue weighted by Crippen LogP contribution is -2.36. The number of ether oxygens (including phenoxy) is 4. The van der Waals surface area contributed by atoms with Crippen LogP contribution in [0.5, 0.6) is 23.0 Å². The molecule has 0 fully saturated rings. The number of aromatic nitrogens is 1. The Bertz CT molecular complexity index is 1010. The first-order valence-corrected chi connectivity index (χ1v) is 12.0. The number of methoxy groups -OCH3 is 1. The molecule has 3 atom stereocenters. The summed E-state index contributed by atoms with van der Waals surface area (Å²) in [6.45, 7) is 9.54. The number of rotatable bonds is 13. The van der Waals surface area contributed by atoms with E-state index in [0.717, 1.165) is 0 Å². The average Bonchev–Trinajstić information content (AvgIpc) is 2.80. The van der Waals surface area contributed by atoms with Gasteiger partial charge in [-0.05, 0) is 38.3 Å². The van der Waals surface area contributed by atoms with Gasteiger partial charge < -0.3 is 24.1 Å². The topological polar surface area (TPSA) is 104 Å². The van der Waals surface area contributed by atoms with E-state index in [9.17, 15) is 14.7 Å². The third-order valence-electron chi connectivity index (χ3n) is 5.28. The molecule has 0 saturated carbocycles. The van der Waals surface area contributed by atoms with E-state index in [4.69, 9.17) is 30.5 Å². The van der Waals surface area contributed by atoms with Crippen molar-refractivity contribution in [3.8, 4) is 23.0 Å². The maximum atomic E-state index is 12.8. The molecular formula is C26H34ClNO7. The number of benzene rings is 1. The molecule has 1 N–H and O–H groups in total. The Kier molecular flexibility index (Phi) is 10.6. The van der Waals surface area contributed by atoms with Gasteiger partial charge in [-0.25, -0.2) is 4.98 Å². The molecule has 0 aliphatic carbocycles. The van der Waals surface area contributed by atoms with E-state index in [1.807, 2.05) is 13.8 Å². The van der Waals surface area contributed by atoms with Gasteiger partial charge in [0.2, 0.25) is 0 Å². The molecule has 0 unspecified atom stereocenters. The van der Waals surface area contributed by atoms with Crippen molar-refractivity contribution in [1.29, 1.82) is 0 Å². The molecule has 0 amide bonds. The average molecular weight is 508 g/mol. The molecular weight excluding hydrogens is 474 g/mol. The van der Waals surface area contributed by atoms with Gasteiger partial charge in [-0.2, -0.15) is 0 Å². The number of hydrogen-bond acceptors (Lipinski definition) is 8. The Balaban J connectivity index is 2.07. The summed E-state index contributed by atoms with van der Waals surface area (Å²) in [5.41, 5.74) is -0.138. The highest BCUT2D eigenvalue weighted by molar-refractivity contribution is 6.32. The molecule has 0 radical (unpaired) electrons. The molecule has 1 aromatic carbocycles. The molecule has 0 aliphatic heterocycles. The summed E-state index contributed by atoms with van der Waals surface area (Å²) in [4.78, 5) is 29.4. The second kappa shape index (κ2) is 13.2. The summed E-state index contributed by atoms with van der Waals surface area (Å²) in [7, 11) is 1.52. The normalized spacial score (nSPS) is 13.6. The summed E-state index contributed by atoms with van der Waals surface area (Å²) < 4.78 is 22.3. The number of carbonyl (C=O) groups is 2. The second-order valence-electron chi connectivity index (χ2n) is 8.69. The van der Waals surface area contributed by atoms with Gasteiger partial charge in [0.05, 0.1) is 24.7 Å². The van der Waals surface area contributed by atoms with Gasteiger partial charge >= 0.3 is 5.97 Å². The predicted molar refractivity (Wildman–Crippen MR) is 133 cm³/mol. The van der Waals surface area contributed by atoms with Gasteiger partial charge in [0.1, 0.15) is 23.7 Å². The number of pyridine rings is 1. The van der Waals surface area contributed by atoms with Crippen molar-refractivity contribution >= 4 is 23.4 Å². The summed E-state index contributed by atoms with van der Waals surface area (Å²) in [5, 5.41) is 10.7. The minimum atomic E-state index is -0.753. The standard InChI is InChI=1S/C26H34ClNO7/c1-7-33-21-10-11-28-24(25(21)30)20(29)13-16(4)26(31)34-17(5)22(12-15(2)3)35-18-8-9-19(27)23(14-18)32-6/h8-11,14-17,22,30H,7,12-13H2,1-6H3/t16-,17+,22-/m1/s1. The molecule has 35 heavy (non-hydrogen) atoms. The fourth-order valence-electron chi connectivity index (χ4n) is 3.43. The monoisotopic (exact) mass is 507 g/mol. The van der Waals surface area contributed by atoms with Crippen molar-refractivity contribution in [2.24, 2.45) is 11.8 Å². The lowest BCUT2D eigenvalue weighted by atomic mass is 10.0. The molecule has 1 aromatic heterocycles. The van der Waals surface area contributed by atoms with Gasteiger partial charge in [0, 0.05) is 24.8 Å². The van der Waals surface area contributed by atoms with Gasteiger partial charge in [0.15, 0.2) is 23.0 Å². The van der Waals surface area contributed by atoms with Crippen molar-refractivity contribution in [3.63, 3.8) is 0 Å². The maximum absolute atomic E-state index is 12.8. The van der Waals surface area contributed by atoms with E-state index in [1.54, 1.807) is 39.0 Å². The lowest BCUT2D eigenvalue weighted by molar-refractivity contribution is -0.157. The van der Waals surface area contributed by atoms with Crippen LogP contribution in [0.1, 0.15) is 57.9 Å². The van der Waals surface area contributed by atoms with Crippen LogP contribution in [-0.2, 0) is 9.53 Å². The fraction of sp³-hybridized carbons (Fsp3) is 0.500. The number of ketones is 1. The molecule has 9 heteroatoms. The summed E-state index contributed by atoms with van der Waals surface area (Å²) in [6, 6.07) is 6.56. The smallest absolute Gasteiger partial charge is 0.309 e. The number of aromatic hydroxyl groups is 1. The van der Waals surface area contributed by atoms with Gasteiger partial charge in [-0.15, -0.1) is 0 Å². The van der Waals surface area contributed by atoms with Crippen LogP contribution in [0.25, 0.3) is 0 Å². The van der Waals surface area contributed by atoms with E-state index < -0.39 is 29.9 Å². The Morgan fingerprint density at radius 1 is 1.11 bits per heavy atom. The second-order valence-corrected chi connectivity index (χ2v) is 9.10. The number of Topliss-reactive ketones (excluding diaryl/α,β-unsaturated/α-hetero) is 1. The number of nitrogens with zero attached hydrogens (tertiary/aromatic N) is 1. The van der Waals surface area contributed by atoms with Crippen LogP contribution in [0.15, 0.2) is 30.5 Å². The first-order chi connectivity index (χ1) is 16.6. The van der Waals surface area contributed by atoms with E-state index >= 15 is 0 Å². The maximum Gasteiger partial charge on any atom is 0.309 e. The highest BCUT2D eigenvalue weighted by Crippen LogP contribution is 2.31. The Morgan fingerprint density at radius 2 is 1.83 bits per heavy atom. The Hall–Kier alpha value is -3.00. The van der Waals surface area contributed by atoms with E-state index in [1.165, 1.54) is 19.4 Å². The van der Waals surface area contributed by atoms with Crippen LogP contribution < -0.4 is 14.2 Å². The minimum absolute atomic E-state index is 0.138. The lowest BCUT2D eigenvalue weighted by Gasteiger charge is -2.27.